The van der Waals surface area contributed by atoms with Crippen molar-refractivity contribution in [3.05, 3.63) is 89.1 Å². The fourth-order valence-electron chi connectivity index (χ4n) is 2.94. The summed E-state index contributed by atoms with van der Waals surface area (Å²) in [4.78, 5) is 0. The lowest BCUT2D eigenvalue weighted by Crippen LogP contribution is -2.19. The second-order valence-corrected chi connectivity index (χ2v) is 5.47. The van der Waals surface area contributed by atoms with Gasteiger partial charge in [0.25, 0.3) is 0 Å². The minimum absolute atomic E-state index is 0.272. The number of hydrogen-bond donors (Lipinski definition) is 1. The highest BCUT2D eigenvalue weighted by Gasteiger charge is 2.16. The van der Waals surface area contributed by atoms with E-state index in [2.05, 4.69) is 86.0 Å². The van der Waals surface area contributed by atoms with E-state index in [1.165, 1.54) is 27.8 Å². The van der Waals surface area contributed by atoms with Crippen LogP contribution in [0.4, 0.5) is 0 Å². The SMILES string of the molecule is CCc1ccccc1C1C=C(C)C(c2ccccc2)=CN1. The van der Waals surface area contributed by atoms with Gasteiger partial charge in [0.2, 0.25) is 0 Å². The summed E-state index contributed by atoms with van der Waals surface area (Å²) < 4.78 is 0. The average molecular weight is 275 g/mol. The van der Waals surface area contributed by atoms with Gasteiger partial charge in [-0.3, -0.25) is 0 Å². The Morgan fingerprint density at radius 1 is 0.952 bits per heavy atom. The smallest absolute Gasteiger partial charge is 0.0701 e. The van der Waals surface area contributed by atoms with Crippen molar-refractivity contribution in [2.75, 3.05) is 0 Å². The molecule has 1 atom stereocenters. The van der Waals surface area contributed by atoms with Gasteiger partial charge in [0.1, 0.15) is 0 Å². The molecule has 0 saturated carbocycles. The van der Waals surface area contributed by atoms with Crippen LogP contribution in [-0.2, 0) is 6.42 Å². The van der Waals surface area contributed by atoms with E-state index in [0.717, 1.165) is 6.42 Å². The third kappa shape index (κ3) is 2.78. The first kappa shape index (κ1) is 13.7. The molecule has 1 nitrogen and oxygen atoms in total. The number of benzene rings is 2. The molecule has 0 bridgehead atoms. The normalized spacial score (nSPS) is 17.7. The molecule has 2 aromatic rings. The van der Waals surface area contributed by atoms with Crippen molar-refractivity contribution in [2.45, 2.75) is 26.3 Å². The zero-order valence-corrected chi connectivity index (χ0v) is 12.6. The van der Waals surface area contributed by atoms with Crippen molar-refractivity contribution >= 4 is 5.57 Å². The minimum Gasteiger partial charge on any atom is -0.380 e. The Morgan fingerprint density at radius 2 is 1.67 bits per heavy atom. The highest BCUT2D eigenvalue weighted by atomic mass is 14.9. The second kappa shape index (κ2) is 6.01. The maximum Gasteiger partial charge on any atom is 0.0701 e. The van der Waals surface area contributed by atoms with Crippen LogP contribution in [0.3, 0.4) is 0 Å². The summed E-state index contributed by atoms with van der Waals surface area (Å²) in [5.41, 5.74) is 6.66. The van der Waals surface area contributed by atoms with Crippen molar-refractivity contribution in [1.82, 2.24) is 5.32 Å². The molecule has 0 fully saturated rings. The molecule has 2 aromatic carbocycles. The average Bonchev–Trinajstić information content (AvgIpc) is 2.55. The van der Waals surface area contributed by atoms with Gasteiger partial charge < -0.3 is 5.32 Å². The predicted octanol–water partition coefficient (Wildman–Crippen LogP) is 4.88. The molecule has 0 aliphatic carbocycles. The Bertz CT molecular complexity index is 680. The van der Waals surface area contributed by atoms with Crippen LogP contribution in [0, 0.1) is 0 Å². The first-order valence-electron chi connectivity index (χ1n) is 7.58. The van der Waals surface area contributed by atoms with Gasteiger partial charge >= 0.3 is 0 Å². The van der Waals surface area contributed by atoms with E-state index in [0.29, 0.717) is 0 Å². The summed E-state index contributed by atoms with van der Waals surface area (Å²) in [5.74, 6) is 0. The fourth-order valence-corrected chi connectivity index (χ4v) is 2.94. The van der Waals surface area contributed by atoms with Gasteiger partial charge in [-0.1, -0.05) is 67.6 Å². The van der Waals surface area contributed by atoms with Gasteiger partial charge in [0, 0.05) is 11.8 Å². The molecule has 0 aromatic heterocycles. The molecule has 1 N–H and O–H groups in total. The van der Waals surface area contributed by atoms with E-state index in [-0.39, 0.29) is 6.04 Å². The van der Waals surface area contributed by atoms with Crippen LogP contribution in [0.5, 0.6) is 0 Å². The van der Waals surface area contributed by atoms with Gasteiger partial charge in [0.15, 0.2) is 0 Å². The van der Waals surface area contributed by atoms with Crippen LogP contribution >= 0.6 is 0 Å². The molecule has 1 unspecified atom stereocenters. The number of hydrogen-bond acceptors (Lipinski definition) is 1. The van der Waals surface area contributed by atoms with Crippen LogP contribution in [-0.4, -0.2) is 0 Å². The molecular formula is C20H21N. The predicted molar refractivity (Wildman–Crippen MR) is 89.9 cm³/mol. The number of dihydropyridines is 1. The molecule has 106 valence electrons. The quantitative estimate of drug-likeness (QED) is 0.841. The van der Waals surface area contributed by atoms with Gasteiger partial charge in [-0.2, -0.15) is 0 Å². The molecule has 0 saturated heterocycles. The van der Waals surface area contributed by atoms with Crippen LogP contribution in [0.25, 0.3) is 5.57 Å². The van der Waals surface area contributed by atoms with Crippen molar-refractivity contribution in [2.24, 2.45) is 0 Å². The van der Waals surface area contributed by atoms with Crippen molar-refractivity contribution in [3.8, 4) is 0 Å². The van der Waals surface area contributed by atoms with E-state index >= 15 is 0 Å². The van der Waals surface area contributed by atoms with E-state index in [1.54, 1.807) is 0 Å². The van der Waals surface area contributed by atoms with Crippen LogP contribution < -0.4 is 5.32 Å². The van der Waals surface area contributed by atoms with Crippen LogP contribution in [0.15, 0.2) is 72.4 Å². The summed E-state index contributed by atoms with van der Waals surface area (Å²) in [6, 6.07) is 19.5. The van der Waals surface area contributed by atoms with Crippen LogP contribution in [0.2, 0.25) is 0 Å². The molecular weight excluding hydrogens is 254 g/mol. The Labute approximate surface area is 127 Å². The first-order chi connectivity index (χ1) is 10.3. The molecule has 0 spiro atoms. The lowest BCUT2D eigenvalue weighted by molar-refractivity contribution is 0.732. The molecule has 21 heavy (non-hydrogen) atoms. The zero-order valence-electron chi connectivity index (χ0n) is 12.6. The number of nitrogens with one attached hydrogen (secondary N) is 1. The van der Waals surface area contributed by atoms with Crippen molar-refractivity contribution in [1.29, 1.82) is 0 Å². The van der Waals surface area contributed by atoms with Gasteiger partial charge in [-0.15, -0.1) is 0 Å². The summed E-state index contributed by atoms with van der Waals surface area (Å²) >= 11 is 0. The van der Waals surface area contributed by atoms with E-state index in [4.69, 9.17) is 0 Å². The molecule has 1 heteroatoms. The van der Waals surface area contributed by atoms with Crippen LogP contribution in [0.1, 0.15) is 36.6 Å². The molecule has 3 rings (SSSR count). The molecule has 0 radical (unpaired) electrons. The Morgan fingerprint density at radius 3 is 2.38 bits per heavy atom. The lowest BCUT2D eigenvalue weighted by Gasteiger charge is -2.24. The number of rotatable bonds is 3. The van der Waals surface area contributed by atoms with E-state index in [1.807, 2.05) is 0 Å². The van der Waals surface area contributed by atoms with Crippen molar-refractivity contribution in [3.63, 3.8) is 0 Å². The topological polar surface area (TPSA) is 12.0 Å². The lowest BCUT2D eigenvalue weighted by atomic mass is 9.91. The monoisotopic (exact) mass is 275 g/mol. The number of allylic oxidation sites excluding steroid dienone is 2. The highest BCUT2D eigenvalue weighted by Crippen LogP contribution is 2.30. The summed E-state index contributed by atoms with van der Waals surface area (Å²) in [6.45, 7) is 4.41. The Balaban J connectivity index is 1.90. The third-order valence-corrected chi connectivity index (χ3v) is 4.10. The summed E-state index contributed by atoms with van der Waals surface area (Å²) in [7, 11) is 0. The largest absolute Gasteiger partial charge is 0.380 e. The van der Waals surface area contributed by atoms with Gasteiger partial charge in [0.05, 0.1) is 6.04 Å². The summed E-state index contributed by atoms with van der Waals surface area (Å²) in [6.07, 6.45) is 5.55. The summed E-state index contributed by atoms with van der Waals surface area (Å²) in [5, 5.41) is 3.55. The molecule has 1 heterocycles. The highest BCUT2D eigenvalue weighted by molar-refractivity contribution is 5.79. The molecule has 1 aliphatic rings. The maximum absolute atomic E-state index is 3.55. The first-order valence-corrected chi connectivity index (χ1v) is 7.58. The Hall–Kier alpha value is -2.28. The minimum atomic E-state index is 0.272. The molecule has 1 aliphatic heterocycles. The number of aryl methyl sites for hydroxylation is 1. The zero-order chi connectivity index (χ0) is 14.7. The standard InChI is InChI=1S/C20H21N/c1-3-16-9-7-8-12-18(16)20-13-15(2)19(14-21-20)17-10-5-4-6-11-17/h4-14,20-21H,3H2,1-2H3. The Kier molecular flexibility index (Phi) is 3.92. The maximum atomic E-state index is 3.55. The fraction of sp³-hybridized carbons (Fsp3) is 0.200. The van der Waals surface area contributed by atoms with E-state index in [9.17, 15) is 0 Å². The van der Waals surface area contributed by atoms with Crippen molar-refractivity contribution < 1.29 is 0 Å². The molecule has 0 amide bonds. The van der Waals surface area contributed by atoms with Gasteiger partial charge in [-0.05, 0) is 35.6 Å². The van der Waals surface area contributed by atoms with E-state index < -0.39 is 0 Å². The van der Waals surface area contributed by atoms with Gasteiger partial charge in [-0.25, -0.2) is 0 Å². The third-order valence-electron chi connectivity index (χ3n) is 4.10. The second-order valence-electron chi connectivity index (χ2n) is 5.47.